The molecule has 0 aromatic heterocycles. The molecule has 1 unspecified atom stereocenters. The van der Waals surface area contributed by atoms with Crippen LogP contribution < -0.4 is 10.1 Å². The van der Waals surface area contributed by atoms with E-state index in [4.69, 9.17) is 4.74 Å². The Morgan fingerprint density at radius 3 is 2.45 bits per heavy atom. The van der Waals surface area contributed by atoms with Crippen molar-refractivity contribution in [2.75, 3.05) is 33.3 Å². The van der Waals surface area contributed by atoms with E-state index in [0.29, 0.717) is 25.6 Å². The Balaban J connectivity index is 0.00000240. The molecule has 3 fully saturated rings. The molecule has 4 rings (SSSR count). The average molecular weight is 422 g/mol. The fourth-order valence-corrected chi connectivity index (χ4v) is 4.26. The van der Waals surface area contributed by atoms with Crippen molar-refractivity contribution in [2.24, 2.45) is 11.8 Å². The highest BCUT2D eigenvalue weighted by Crippen LogP contribution is 2.28. The molecular formula is C22H32ClN3O3. The van der Waals surface area contributed by atoms with E-state index in [1.54, 1.807) is 7.11 Å². The molecule has 3 aliphatic rings. The molecule has 6 nitrogen and oxygen atoms in total. The van der Waals surface area contributed by atoms with E-state index in [1.807, 2.05) is 34.1 Å². The van der Waals surface area contributed by atoms with E-state index in [0.717, 1.165) is 49.7 Å². The fraction of sp³-hybridized carbons (Fsp3) is 0.636. The summed E-state index contributed by atoms with van der Waals surface area (Å²) in [6.07, 6.45) is 5.12. The number of carbonyl (C=O) groups excluding carboxylic acids is 2. The molecule has 1 saturated carbocycles. The zero-order chi connectivity index (χ0) is 19.5. The quantitative estimate of drug-likeness (QED) is 0.734. The Bertz CT molecular complexity index is 700. The minimum atomic E-state index is -0.193. The number of piperidine rings is 1. The summed E-state index contributed by atoms with van der Waals surface area (Å²) in [5.74, 6) is 1.74. The third kappa shape index (κ3) is 5.64. The normalized spacial score (nSPS) is 22.5. The molecule has 7 heteroatoms. The van der Waals surface area contributed by atoms with Crippen LogP contribution in [0.25, 0.3) is 0 Å². The first-order chi connectivity index (χ1) is 13.6. The minimum Gasteiger partial charge on any atom is -0.497 e. The maximum absolute atomic E-state index is 12.9. The topological polar surface area (TPSA) is 61.9 Å². The van der Waals surface area contributed by atoms with Crippen molar-refractivity contribution in [1.82, 2.24) is 15.1 Å². The van der Waals surface area contributed by atoms with Gasteiger partial charge in [0.1, 0.15) is 5.75 Å². The fourth-order valence-electron chi connectivity index (χ4n) is 4.26. The number of carbonyl (C=O) groups is 2. The number of ether oxygens (including phenoxy) is 1. The van der Waals surface area contributed by atoms with E-state index < -0.39 is 0 Å². The highest BCUT2D eigenvalue weighted by molar-refractivity contribution is 5.89. The zero-order valence-corrected chi connectivity index (χ0v) is 18.0. The average Bonchev–Trinajstić information content (AvgIpc) is 3.49. The summed E-state index contributed by atoms with van der Waals surface area (Å²) in [6, 6.07) is 8.29. The van der Waals surface area contributed by atoms with Gasteiger partial charge in [0.25, 0.3) is 0 Å². The van der Waals surface area contributed by atoms with Crippen LogP contribution in [0.3, 0.4) is 0 Å². The number of hydrogen-bond donors (Lipinski definition) is 1. The SMILES string of the molecule is COc1ccc(CN2CC(C(=O)N3CCC(NCC4CC4)CC3)CC2=O)cc1.Cl. The Kier molecular flexibility index (Phi) is 7.41. The first-order valence-electron chi connectivity index (χ1n) is 10.5. The van der Waals surface area contributed by atoms with E-state index >= 15 is 0 Å². The van der Waals surface area contributed by atoms with Gasteiger partial charge in [0.15, 0.2) is 0 Å². The maximum atomic E-state index is 12.9. The number of likely N-dealkylation sites (tertiary alicyclic amines) is 2. The summed E-state index contributed by atoms with van der Waals surface area (Å²) >= 11 is 0. The molecule has 2 amide bonds. The summed E-state index contributed by atoms with van der Waals surface area (Å²) in [4.78, 5) is 29.1. The van der Waals surface area contributed by atoms with Gasteiger partial charge >= 0.3 is 0 Å². The van der Waals surface area contributed by atoms with Gasteiger partial charge in [0.2, 0.25) is 11.8 Å². The highest BCUT2D eigenvalue weighted by atomic mass is 35.5. The highest BCUT2D eigenvalue weighted by Gasteiger charge is 2.37. The number of hydrogen-bond acceptors (Lipinski definition) is 4. The van der Waals surface area contributed by atoms with Gasteiger partial charge in [-0.05, 0) is 55.8 Å². The van der Waals surface area contributed by atoms with Gasteiger partial charge < -0.3 is 19.9 Å². The molecule has 1 aromatic rings. The van der Waals surface area contributed by atoms with E-state index in [1.165, 1.54) is 12.8 Å². The van der Waals surface area contributed by atoms with Crippen LogP contribution in [0.5, 0.6) is 5.75 Å². The second-order valence-corrected chi connectivity index (χ2v) is 8.47. The Hall–Kier alpha value is -1.79. The van der Waals surface area contributed by atoms with Crippen LogP contribution in [-0.2, 0) is 16.1 Å². The third-order valence-corrected chi connectivity index (χ3v) is 6.29. The van der Waals surface area contributed by atoms with E-state index in [-0.39, 0.29) is 30.1 Å². The van der Waals surface area contributed by atoms with Crippen molar-refractivity contribution in [3.05, 3.63) is 29.8 Å². The van der Waals surface area contributed by atoms with Gasteiger partial charge in [0.05, 0.1) is 13.0 Å². The molecule has 1 aromatic carbocycles. The van der Waals surface area contributed by atoms with Gasteiger partial charge in [0, 0.05) is 38.6 Å². The van der Waals surface area contributed by atoms with E-state index in [2.05, 4.69) is 5.32 Å². The van der Waals surface area contributed by atoms with Crippen molar-refractivity contribution in [1.29, 1.82) is 0 Å². The lowest BCUT2D eigenvalue weighted by atomic mass is 10.0. The summed E-state index contributed by atoms with van der Waals surface area (Å²) in [5.41, 5.74) is 1.06. The summed E-state index contributed by atoms with van der Waals surface area (Å²) in [6.45, 7) is 3.84. The third-order valence-electron chi connectivity index (χ3n) is 6.29. The van der Waals surface area contributed by atoms with Crippen LogP contribution in [-0.4, -0.2) is 60.9 Å². The van der Waals surface area contributed by atoms with Crippen molar-refractivity contribution in [3.63, 3.8) is 0 Å². The van der Waals surface area contributed by atoms with Gasteiger partial charge in [-0.2, -0.15) is 0 Å². The molecule has 1 atom stereocenters. The Morgan fingerprint density at radius 1 is 1.14 bits per heavy atom. The smallest absolute Gasteiger partial charge is 0.227 e. The second-order valence-electron chi connectivity index (χ2n) is 8.47. The standard InChI is InChI=1S/C22H31N3O3.ClH/c1-28-20-6-4-17(5-7-20)14-25-15-18(12-21(25)26)22(27)24-10-8-19(9-11-24)23-13-16-2-3-16;/h4-7,16,18-19,23H,2-3,8-15H2,1H3;1H. The first kappa shape index (κ1) is 21.9. The number of nitrogens with zero attached hydrogens (tertiary/aromatic N) is 2. The number of halogens is 1. The molecule has 160 valence electrons. The van der Waals surface area contributed by atoms with Crippen molar-refractivity contribution < 1.29 is 14.3 Å². The molecule has 2 aliphatic heterocycles. The van der Waals surface area contributed by atoms with Gasteiger partial charge in [-0.15, -0.1) is 12.4 Å². The Morgan fingerprint density at radius 2 is 1.83 bits per heavy atom. The molecule has 29 heavy (non-hydrogen) atoms. The summed E-state index contributed by atoms with van der Waals surface area (Å²) < 4.78 is 5.18. The molecular weight excluding hydrogens is 390 g/mol. The van der Waals surface area contributed by atoms with Crippen LogP contribution in [0.15, 0.2) is 24.3 Å². The zero-order valence-electron chi connectivity index (χ0n) is 17.1. The second kappa shape index (κ2) is 9.81. The van der Waals surface area contributed by atoms with Crippen LogP contribution in [0.1, 0.15) is 37.7 Å². The van der Waals surface area contributed by atoms with Crippen molar-refractivity contribution in [3.8, 4) is 5.75 Å². The molecule has 0 spiro atoms. The van der Waals surface area contributed by atoms with Gasteiger partial charge in [-0.1, -0.05) is 12.1 Å². The molecule has 2 saturated heterocycles. The molecule has 1 N–H and O–H groups in total. The van der Waals surface area contributed by atoms with Gasteiger partial charge in [-0.25, -0.2) is 0 Å². The lowest BCUT2D eigenvalue weighted by Gasteiger charge is -2.34. The molecule has 2 heterocycles. The van der Waals surface area contributed by atoms with Crippen molar-refractivity contribution in [2.45, 2.75) is 44.7 Å². The first-order valence-corrected chi connectivity index (χ1v) is 10.5. The van der Waals surface area contributed by atoms with E-state index in [9.17, 15) is 9.59 Å². The monoisotopic (exact) mass is 421 g/mol. The minimum absolute atomic E-state index is 0. The van der Waals surface area contributed by atoms with Crippen molar-refractivity contribution >= 4 is 24.2 Å². The number of rotatable bonds is 7. The Labute approximate surface area is 179 Å². The lowest BCUT2D eigenvalue weighted by molar-refractivity contribution is -0.136. The largest absolute Gasteiger partial charge is 0.497 e. The summed E-state index contributed by atoms with van der Waals surface area (Å²) in [7, 11) is 1.64. The maximum Gasteiger partial charge on any atom is 0.227 e. The summed E-state index contributed by atoms with van der Waals surface area (Å²) in [5, 5.41) is 3.65. The number of nitrogens with one attached hydrogen (secondary N) is 1. The molecule has 1 aliphatic carbocycles. The number of methoxy groups -OCH3 is 1. The van der Waals surface area contributed by atoms with Crippen LogP contribution in [0.4, 0.5) is 0 Å². The van der Waals surface area contributed by atoms with Gasteiger partial charge in [-0.3, -0.25) is 9.59 Å². The predicted octanol–water partition coefficient (Wildman–Crippen LogP) is 2.46. The predicted molar refractivity (Wildman–Crippen MR) is 114 cm³/mol. The van der Waals surface area contributed by atoms with Crippen LogP contribution in [0, 0.1) is 11.8 Å². The molecule has 0 radical (unpaired) electrons. The van der Waals surface area contributed by atoms with Crippen LogP contribution in [0.2, 0.25) is 0 Å². The number of amides is 2. The van der Waals surface area contributed by atoms with Crippen LogP contribution >= 0.6 is 12.4 Å². The molecule has 0 bridgehead atoms. The lowest BCUT2D eigenvalue weighted by Crippen LogP contribution is -2.47. The number of benzene rings is 1.